The molecule has 0 atom stereocenters. The number of hydrogen-bond acceptors (Lipinski definition) is 1. The molecule has 2 aromatic carbocycles. The predicted octanol–water partition coefficient (Wildman–Crippen LogP) is 3.87. The third kappa shape index (κ3) is 2.34. The first-order valence-electron chi connectivity index (χ1n) is 6.81. The highest BCUT2D eigenvalue weighted by atomic mass is 35.5. The second kappa shape index (κ2) is 5.19. The van der Waals surface area contributed by atoms with Crippen molar-refractivity contribution in [2.45, 2.75) is 18.8 Å². The van der Waals surface area contributed by atoms with E-state index in [4.69, 9.17) is 11.6 Å². The van der Waals surface area contributed by atoms with Gasteiger partial charge in [0.2, 0.25) is 0 Å². The van der Waals surface area contributed by atoms with E-state index in [9.17, 15) is 4.39 Å². The van der Waals surface area contributed by atoms with Crippen LogP contribution in [0.3, 0.4) is 0 Å². The molecule has 0 amide bonds. The van der Waals surface area contributed by atoms with Crippen molar-refractivity contribution in [1.82, 2.24) is 5.32 Å². The lowest BCUT2D eigenvalue weighted by atomic mass is 9.70. The molecule has 104 valence electrons. The number of aryl methyl sites for hydroxylation is 1. The number of nitrogens with one attached hydrogen (secondary N) is 1. The molecule has 1 heterocycles. The molecule has 1 aliphatic rings. The Morgan fingerprint density at radius 2 is 1.95 bits per heavy atom. The van der Waals surface area contributed by atoms with Gasteiger partial charge < -0.3 is 5.32 Å². The fourth-order valence-corrected chi connectivity index (χ4v) is 3.26. The molecule has 1 nitrogen and oxygen atoms in total. The van der Waals surface area contributed by atoms with Gasteiger partial charge in [0.25, 0.3) is 0 Å². The quantitative estimate of drug-likeness (QED) is 0.904. The second-order valence-corrected chi connectivity index (χ2v) is 6.02. The van der Waals surface area contributed by atoms with Crippen molar-refractivity contribution in [2.24, 2.45) is 0 Å². The number of benzene rings is 2. The van der Waals surface area contributed by atoms with Crippen LogP contribution in [0.25, 0.3) is 0 Å². The normalized spacial score (nSPS) is 16.8. The van der Waals surface area contributed by atoms with Crippen LogP contribution < -0.4 is 5.32 Å². The zero-order chi connectivity index (χ0) is 14.2. The predicted molar refractivity (Wildman–Crippen MR) is 80.8 cm³/mol. The molecule has 0 bridgehead atoms. The van der Waals surface area contributed by atoms with E-state index >= 15 is 0 Å². The van der Waals surface area contributed by atoms with Crippen molar-refractivity contribution in [3.63, 3.8) is 0 Å². The number of hydrogen-bond donors (Lipinski definition) is 1. The molecule has 1 N–H and O–H groups in total. The monoisotopic (exact) mass is 289 g/mol. The van der Waals surface area contributed by atoms with E-state index in [1.807, 2.05) is 31.2 Å². The van der Waals surface area contributed by atoms with E-state index in [0.717, 1.165) is 41.2 Å². The van der Waals surface area contributed by atoms with E-state index in [0.29, 0.717) is 0 Å². The summed E-state index contributed by atoms with van der Waals surface area (Å²) < 4.78 is 13.5. The van der Waals surface area contributed by atoms with Gasteiger partial charge in [0.1, 0.15) is 5.82 Å². The molecule has 0 spiro atoms. The van der Waals surface area contributed by atoms with Gasteiger partial charge >= 0.3 is 0 Å². The Morgan fingerprint density at radius 3 is 2.60 bits per heavy atom. The van der Waals surface area contributed by atoms with E-state index in [1.54, 1.807) is 6.07 Å². The summed E-state index contributed by atoms with van der Waals surface area (Å²) in [7, 11) is 0. The van der Waals surface area contributed by atoms with Gasteiger partial charge in [0, 0.05) is 23.5 Å². The van der Waals surface area contributed by atoms with Gasteiger partial charge in [-0.1, -0.05) is 35.9 Å². The summed E-state index contributed by atoms with van der Waals surface area (Å²) in [6.45, 7) is 3.79. The minimum atomic E-state index is -0.174. The van der Waals surface area contributed by atoms with Gasteiger partial charge in [-0.15, -0.1) is 0 Å². The van der Waals surface area contributed by atoms with Crippen LogP contribution in [-0.2, 0) is 11.8 Å². The lowest BCUT2D eigenvalue weighted by Crippen LogP contribution is -2.58. The third-order valence-corrected chi connectivity index (χ3v) is 4.54. The Bertz CT molecular complexity index is 635. The SMILES string of the molecule is Cc1ccc(F)cc1CC1(c2ccccc2Cl)CNC1. The topological polar surface area (TPSA) is 12.0 Å². The molecule has 3 heteroatoms. The molecule has 2 aromatic rings. The molecule has 3 rings (SSSR count). The summed E-state index contributed by atoms with van der Waals surface area (Å²) in [5.41, 5.74) is 3.33. The van der Waals surface area contributed by atoms with E-state index in [2.05, 4.69) is 11.4 Å². The average Bonchev–Trinajstić information content (AvgIpc) is 2.39. The van der Waals surface area contributed by atoms with Crippen molar-refractivity contribution in [2.75, 3.05) is 13.1 Å². The van der Waals surface area contributed by atoms with Crippen molar-refractivity contribution >= 4 is 11.6 Å². The van der Waals surface area contributed by atoms with E-state index in [-0.39, 0.29) is 11.2 Å². The minimum absolute atomic E-state index is 0.0170. The van der Waals surface area contributed by atoms with Crippen LogP contribution in [0, 0.1) is 12.7 Å². The zero-order valence-electron chi connectivity index (χ0n) is 11.4. The van der Waals surface area contributed by atoms with Crippen LogP contribution in [0.15, 0.2) is 42.5 Å². The Balaban J connectivity index is 1.98. The maximum Gasteiger partial charge on any atom is 0.123 e. The molecule has 1 fully saturated rings. The molecular weight excluding hydrogens is 273 g/mol. The van der Waals surface area contributed by atoms with Crippen molar-refractivity contribution in [3.05, 3.63) is 70.0 Å². The highest BCUT2D eigenvalue weighted by molar-refractivity contribution is 6.31. The summed E-state index contributed by atoms with van der Waals surface area (Å²) >= 11 is 6.36. The largest absolute Gasteiger partial charge is 0.315 e. The summed E-state index contributed by atoms with van der Waals surface area (Å²) in [5.74, 6) is -0.174. The molecule has 20 heavy (non-hydrogen) atoms. The van der Waals surface area contributed by atoms with Crippen LogP contribution >= 0.6 is 11.6 Å². The zero-order valence-corrected chi connectivity index (χ0v) is 12.2. The van der Waals surface area contributed by atoms with Crippen LogP contribution in [0.5, 0.6) is 0 Å². The fourth-order valence-electron chi connectivity index (χ4n) is 2.92. The molecule has 0 aliphatic carbocycles. The first kappa shape index (κ1) is 13.6. The molecule has 0 radical (unpaired) electrons. The summed E-state index contributed by atoms with van der Waals surface area (Å²) in [4.78, 5) is 0. The third-order valence-electron chi connectivity index (χ3n) is 4.21. The van der Waals surface area contributed by atoms with Crippen LogP contribution in [0.2, 0.25) is 5.02 Å². The summed E-state index contributed by atoms with van der Waals surface area (Å²) in [6, 6.07) is 13.0. The van der Waals surface area contributed by atoms with Crippen LogP contribution in [0.1, 0.15) is 16.7 Å². The Kier molecular flexibility index (Phi) is 3.53. The number of halogens is 2. The highest BCUT2D eigenvalue weighted by Gasteiger charge is 2.40. The van der Waals surface area contributed by atoms with Crippen LogP contribution in [-0.4, -0.2) is 13.1 Å². The van der Waals surface area contributed by atoms with Crippen molar-refractivity contribution in [1.29, 1.82) is 0 Å². The van der Waals surface area contributed by atoms with Gasteiger partial charge in [-0.2, -0.15) is 0 Å². The molecule has 1 aliphatic heterocycles. The van der Waals surface area contributed by atoms with Crippen molar-refractivity contribution in [3.8, 4) is 0 Å². The average molecular weight is 290 g/mol. The first-order chi connectivity index (χ1) is 9.61. The lowest BCUT2D eigenvalue weighted by Gasteiger charge is -2.44. The summed E-state index contributed by atoms with van der Waals surface area (Å²) in [6.07, 6.45) is 0.813. The molecule has 0 aromatic heterocycles. The summed E-state index contributed by atoms with van der Waals surface area (Å²) in [5, 5.41) is 4.12. The second-order valence-electron chi connectivity index (χ2n) is 5.61. The molecular formula is C17H17ClFN. The van der Waals surface area contributed by atoms with E-state index < -0.39 is 0 Å². The van der Waals surface area contributed by atoms with Crippen LogP contribution in [0.4, 0.5) is 4.39 Å². The lowest BCUT2D eigenvalue weighted by molar-refractivity contribution is 0.274. The first-order valence-corrected chi connectivity index (χ1v) is 7.19. The standard InChI is InChI=1S/C17H17ClFN/c1-12-6-7-14(19)8-13(12)9-17(10-20-11-17)15-4-2-3-5-16(15)18/h2-8,20H,9-11H2,1H3. The number of rotatable bonds is 3. The minimum Gasteiger partial charge on any atom is -0.315 e. The van der Waals surface area contributed by atoms with Crippen molar-refractivity contribution < 1.29 is 4.39 Å². The smallest absolute Gasteiger partial charge is 0.123 e. The maximum atomic E-state index is 13.5. The fraction of sp³-hybridized carbons (Fsp3) is 0.294. The Hall–Kier alpha value is -1.38. The van der Waals surface area contributed by atoms with Gasteiger partial charge in [-0.25, -0.2) is 4.39 Å². The Morgan fingerprint density at radius 1 is 1.20 bits per heavy atom. The van der Waals surface area contributed by atoms with Gasteiger partial charge in [-0.3, -0.25) is 0 Å². The molecule has 0 saturated carbocycles. The highest BCUT2D eigenvalue weighted by Crippen LogP contribution is 2.37. The van der Waals surface area contributed by atoms with Gasteiger partial charge in [0.15, 0.2) is 0 Å². The Labute approximate surface area is 123 Å². The molecule has 0 unspecified atom stereocenters. The molecule has 1 saturated heterocycles. The van der Waals surface area contributed by atoms with Gasteiger partial charge in [-0.05, 0) is 48.2 Å². The van der Waals surface area contributed by atoms with E-state index in [1.165, 1.54) is 6.07 Å². The van der Waals surface area contributed by atoms with Gasteiger partial charge in [0.05, 0.1) is 0 Å². The maximum absolute atomic E-state index is 13.5.